The van der Waals surface area contributed by atoms with E-state index in [0.717, 1.165) is 0 Å². The first-order valence-corrected chi connectivity index (χ1v) is 7.32. The van der Waals surface area contributed by atoms with E-state index < -0.39 is 6.34 Å². The highest BCUT2D eigenvalue weighted by molar-refractivity contribution is 8.58. The third kappa shape index (κ3) is 3.68. The van der Waals surface area contributed by atoms with Gasteiger partial charge in [0.25, 0.3) is 0 Å². The van der Waals surface area contributed by atoms with Crippen molar-refractivity contribution in [3.8, 4) is 0 Å². The molecule has 0 bridgehead atoms. The second kappa shape index (κ2) is 3.82. The topological polar surface area (TPSA) is 17.1 Å². The molecule has 0 aromatic heterocycles. The van der Waals surface area contributed by atoms with Crippen molar-refractivity contribution >= 4 is 17.7 Å². The fraction of sp³-hybridized carbons (Fsp3) is 1.00. The van der Waals surface area contributed by atoms with E-state index in [9.17, 15) is 4.57 Å². The van der Waals surface area contributed by atoms with Crippen LogP contribution in [0.4, 0.5) is 0 Å². The lowest BCUT2D eigenvalue weighted by Gasteiger charge is -2.17. The van der Waals surface area contributed by atoms with Crippen LogP contribution in [-0.4, -0.2) is 17.6 Å². The molecule has 1 nitrogen and oxygen atoms in total. The van der Waals surface area contributed by atoms with Crippen LogP contribution in [0.5, 0.6) is 0 Å². The van der Waals surface area contributed by atoms with Gasteiger partial charge in [-0.05, 0) is 6.66 Å². The molecule has 0 N–H and O–H groups in total. The average Bonchev–Trinajstić information content (AvgIpc) is 1.60. The maximum atomic E-state index is 11.7. The number of hydrogen-bond donors (Lipinski definition) is 0. The lowest BCUT2D eigenvalue weighted by atomic mass is 10.6. The summed E-state index contributed by atoms with van der Waals surface area (Å²) in [7, 11) is 0. The first-order valence-electron chi connectivity index (χ1n) is 3.62. The molecule has 0 saturated heterocycles. The number of rotatable bonds is 3. The molecule has 62 valence electrons. The van der Waals surface area contributed by atoms with E-state index >= 15 is 0 Å². The zero-order valence-corrected chi connectivity index (χ0v) is 9.13. The molecule has 10 heavy (non-hydrogen) atoms. The normalized spacial score (nSPS) is 17.9. The molecule has 0 aliphatic carbocycles. The Kier molecular flexibility index (Phi) is 4.05. The van der Waals surface area contributed by atoms with Crippen LogP contribution in [0.1, 0.15) is 27.7 Å². The Bertz CT molecular complexity index is 143. The third-order valence-corrected chi connectivity index (χ3v) is 7.86. The van der Waals surface area contributed by atoms with Crippen LogP contribution in [0.3, 0.4) is 0 Å². The van der Waals surface area contributed by atoms with Crippen LogP contribution < -0.4 is 0 Å². The van der Waals surface area contributed by atoms with Gasteiger partial charge in [0.1, 0.15) is 6.34 Å². The minimum Gasteiger partial charge on any atom is -0.312 e. The molecule has 0 aromatic rings. The molecule has 1 atom stereocenters. The van der Waals surface area contributed by atoms with Gasteiger partial charge in [-0.2, -0.15) is 0 Å². The zero-order chi connectivity index (χ0) is 8.36. The summed E-state index contributed by atoms with van der Waals surface area (Å²) in [4.78, 5) is 0. The fourth-order valence-corrected chi connectivity index (χ4v) is 4.86. The van der Waals surface area contributed by atoms with Crippen molar-refractivity contribution in [2.45, 2.75) is 38.6 Å². The Morgan fingerprint density at radius 3 is 1.70 bits per heavy atom. The van der Waals surface area contributed by atoms with Crippen molar-refractivity contribution in [3.63, 3.8) is 0 Å². The van der Waals surface area contributed by atoms with Gasteiger partial charge in [0, 0.05) is 10.9 Å². The minimum atomic E-state index is -1.90. The molecule has 0 saturated carbocycles. The first-order chi connectivity index (χ1) is 4.36. The van der Waals surface area contributed by atoms with Gasteiger partial charge in [0.15, 0.2) is 0 Å². The van der Waals surface area contributed by atoms with E-state index in [1.807, 2.05) is 20.5 Å². The summed E-state index contributed by atoms with van der Waals surface area (Å²) in [6.07, 6.45) is -1.90. The Balaban J connectivity index is 4.01. The third-order valence-electron chi connectivity index (χ3n) is 1.36. The first kappa shape index (κ1) is 10.6. The molecular weight excluding hydrogens is 163 g/mol. The van der Waals surface area contributed by atoms with E-state index in [4.69, 9.17) is 0 Å². The lowest BCUT2D eigenvalue weighted by Crippen LogP contribution is -1.96. The molecule has 1 unspecified atom stereocenters. The Morgan fingerprint density at radius 1 is 1.20 bits per heavy atom. The van der Waals surface area contributed by atoms with Gasteiger partial charge in [0.2, 0.25) is 0 Å². The van der Waals surface area contributed by atoms with Gasteiger partial charge in [0.05, 0.1) is 0 Å². The minimum absolute atomic E-state index is 0.319. The molecule has 0 rings (SSSR count). The van der Waals surface area contributed by atoms with Crippen molar-refractivity contribution in [1.29, 1.82) is 0 Å². The number of hydrogen-bond acceptors (Lipinski definition) is 2. The van der Waals surface area contributed by atoms with Crippen LogP contribution >= 0.6 is 17.7 Å². The molecule has 0 radical (unpaired) electrons. The van der Waals surface area contributed by atoms with Gasteiger partial charge in [-0.25, -0.2) is 0 Å². The fourth-order valence-electron chi connectivity index (χ4n) is 0.540. The van der Waals surface area contributed by atoms with Crippen LogP contribution in [0, 0.1) is 0 Å². The molecule has 0 aliphatic heterocycles. The Labute approximate surface area is 68.1 Å². The smallest absolute Gasteiger partial charge is 0.138 e. The zero-order valence-electron chi connectivity index (χ0n) is 7.42. The standard InChI is InChI=1S/C7H17OPS/c1-6(2)9(5,8)10-7(3)4/h6-7H,1-5H3. The molecule has 0 aromatic carbocycles. The molecule has 0 heterocycles. The summed E-state index contributed by atoms with van der Waals surface area (Å²) in [5.74, 6) is 0. The second-order valence-electron chi connectivity index (χ2n) is 3.16. The Hall–Kier alpha value is 0.580. The van der Waals surface area contributed by atoms with Gasteiger partial charge >= 0.3 is 0 Å². The van der Waals surface area contributed by atoms with E-state index in [2.05, 4.69) is 13.8 Å². The van der Waals surface area contributed by atoms with E-state index in [-0.39, 0.29) is 0 Å². The van der Waals surface area contributed by atoms with E-state index in [1.165, 1.54) is 0 Å². The second-order valence-corrected chi connectivity index (χ2v) is 9.97. The van der Waals surface area contributed by atoms with Crippen molar-refractivity contribution < 1.29 is 4.57 Å². The van der Waals surface area contributed by atoms with Gasteiger partial charge in [-0.3, -0.25) is 0 Å². The Morgan fingerprint density at radius 2 is 1.60 bits per heavy atom. The van der Waals surface area contributed by atoms with Crippen molar-refractivity contribution in [2.75, 3.05) is 6.66 Å². The van der Waals surface area contributed by atoms with Crippen LogP contribution in [0.2, 0.25) is 0 Å². The largest absolute Gasteiger partial charge is 0.312 e. The molecule has 0 spiro atoms. The summed E-state index contributed by atoms with van der Waals surface area (Å²) < 4.78 is 11.7. The van der Waals surface area contributed by atoms with Gasteiger partial charge in [-0.15, -0.1) is 0 Å². The summed E-state index contributed by atoms with van der Waals surface area (Å²) in [6.45, 7) is 10.1. The lowest BCUT2D eigenvalue weighted by molar-refractivity contribution is 0.583. The van der Waals surface area contributed by atoms with Gasteiger partial charge in [-0.1, -0.05) is 39.1 Å². The van der Waals surface area contributed by atoms with Crippen molar-refractivity contribution in [1.82, 2.24) is 0 Å². The summed E-state index contributed by atoms with van der Waals surface area (Å²) in [5.41, 5.74) is 0.319. The summed E-state index contributed by atoms with van der Waals surface area (Å²) >= 11 is 1.62. The quantitative estimate of drug-likeness (QED) is 0.619. The van der Waals surface area contributed by atoms with Crippen molar-refractivity contribution in [3.05, 3.63) is 0 Å². The average molecular weight is 180 g/mol. The SMILES string of the molecule is CC(C)SP(C)(=O)C(C)C. The summed E-state index contributed by atoms with van der Waals surface area (Å²) in [5, 5.41) is 0.484. The monoisotopic (exact) mass is 180 g/mol. The van der Waals surface area contributed by atoms with E-state index in [0.29, 0.717) is 10.9 Å². The molecule has 0 amide bonds. The molecule has 0 fully saturated rings. The van der Waals surface area contributed by atoms with E-state index in [1.54, 1.807) is 11.4 Å². The van der Waals surface area contributed by atoms with Crippen LogP contribution in [0.25, 0.3) is 0 Å². The van der Waals surface area contributed by atoms with Crippen LogP contribution in [0.15, 0.2) is 0 Å². The predicted molar refractivity (Wildman–Crippen MR) is 51.4 cm³/mol. The maximum absolute atomic E-state index is 11.7. The van der Waals surface area contributed by atoms with Gasteiger partial charge < -0.3 is 4.57 Å². The molecule has 3 heteroatoms. The van der Waals surface area contributed by atoms with Crippen LogP contribution in [-0.2, 0) is 4.57 Å². The summed E-state index contributed by atoms with van der Waals surface area (Å²) in [6, 6.07) is 0. The van der Waals surface area contributed by atoms with Crippen molar-refractivity contribution in [2.24, 2.45) is 0 Å². The molecule has 0 aliphatic rings. The maximum Gasteiger partial charge on any atom is 0.138 e. The highest BCUT2D eigenvalue weighted by Gasteiger charge is 2.21. The highest BCUT2D eigenvalue weighted by atomic mass is 32.7. The highest BCUT2D eigenvalue weighted by Crippen LogP contribution is 2.60. The predicted octanol–water partition coefficient (Wildman–Crippen LogP) is 3.44. The molecular formula is C7H17OPS.